The molecule has 0 spiro atoms. The average Bonchev–Trinajstić information content (AvgIpc) is 2.45. The smallest absolute Gasteiger partial charge is 0.332 e. The molecule has 22 heavy (non-hydrogen) atoms. The van der Waals surface area contributed by atoms with Crippen molar-refractivity contribution in [3.63, 3.8) is 0 Å². The lowest BCUT2D eigenvalue weighted by molar-refractivity contribution is -0.136. The van der Waals surface area contributed by atoms with Crippen LogP contribution in [0.3, 0.4) is 0 Å². The van der Waals surface area contributed by atoms with Crippen LogP contribution in [0.15, 0.2) is 11.1 Å². The summed E-state index contributed by atoms with van der Waals surface area (Å²) in [5.74, 6) is -1.74. The van der Waals surface area contributed by atoms with Gasteiger partial charge in [0.1, 0.15) is 0 Å². The van der Waals surface area contributed by atoms with E-state index in [4.69, 9.17) is 4.74 Å². The van der Waals surface area contributed by atoms with Crippen molar-refractivity contribution in [3.05, 3.63) is 11.1 Å². The van der Waals surface area contributed by atoms with E-state index < -0.39 is 11.9 Å². The van der Waals surface area contributed by atoms with Crippen LogP contribution in [0.1, 0.15) is 39.5 Å². The molecule has 0 aliphatic carbocycles. The number of ether oxygens (including phenoxy) is 1. The van der Waals surface area contributed by atoms with Gasteiger partial charge in [-0.2, -0.15) is 0 Å². The van der Waals surface area contributed by atoms with Crippen LogP contribution < -0.4 is 0 Å². The second-order valence-corrected chi connectivity index (χ2v) is 6.06. The largest absolute Gasteiger partial charge is 0.478 e. The highest BCUT2D eigenvalue weighted by atomic mass is 16.5. The zero-order valence-electron chi connectivity index (χ0n) is 13.5. The summed E-state index contributed by atoms with van der Waals surface area (Å²) in [5.41, 5.74) is 0.101. The Bertz CT molecular complexity index is 411. The molecule has 1 fully saturated rings. The summed E-state index contributed by atoms with van der Waals surface area (Å²) in [6.07, 6.45) is 2.18. The number of hydrogen-bond donors (Lipinski definition) is 2. The van der Waals surface area contributed by atoms with Crippen molar-refractivity contribution >= 4 is 11.9 Å². The van der Waals surface area contributed by atoms with E-state index in [-0.39, 0.29) is 17.6 Å². The van der Waals surface area contributed by atoms with Crippen molar-refractivity contribution in [2.45, 2.75) is 39.5 Å². The van der Waals surface area contributed by atoms with E-state index in [0.29, 0.717) is 38.5 Å². The van der Waals surface area contributed by atoms with Gasteiger partial charge in [0.25, 0.3) is 0 Å². The highest BCUT2D eigenvalue weighted by Crippen LogP contribution is 2.19. The summed E-state index contributed by atoms with van der Waals surface area (Å²) < 4.78 is 5.25. The molecule has 0 aromatic rings. The third-order valence-corrected chi connectivity index (χ3v) is 3.87. The van der Waals surface area contributed by atoms with Gasteiger partial charge in [-0.1, -0.05) is 20.3 Å². The molecule has 0 bridgehead atoms. The highest BCUT2D eigenvalue weighted by molar-refractivity contribution is 5.98. The van der Waals surface area contributed by atoms with Crippen molar-refractivity contribution in [2.75, 3.05) is 32.8 Å². The van der Waals surface area contributed by atoms with Gasteiger partial charge in [-0.3, -0.25) is 4.90 Å². The lowest BCUT2D eigenvalue weighted by Crippen LogP contribution is -2.37. The van der Waals surface area contributed by atoms with Crippen LogP contribution in [0.5, 0.6) is 0 Å². The summed E-state index contributed by atoms with van der Waals surface area (Å²) in [7, 11) is 0. The van der Waals surface area contributed by atoms with E-state index in [9.17, 15) is 19.8 Å². The van der Waals surface area contributed by atoms with Gasteiger partial charge in [-0.25, -0.2) is 9.59 Å². The molecular weight excluding hydrogens is 286 g/mol. The molecule has 0 aromatic carbocycles. The Labute approximate surface area is 131 Å². The Morgan fingerprint density at radius 3 is 2.09 bits per heavy atom. The fraction of sp³-hybridized carbons (Fsp3) is 0.750. The van der Waals surface area contributed by atoms with Gasteiger partial charge in [0.05, 0.1) is 13.2 Å². The number of morpholine rings is 1. The fourth-order valence-corrected chi connectivity index (χ4v) is 2.56. The van der Waals surface area contributed by atoms with E-state index in [1.165, 1.54) is 0 Å². The standard InChI is InChI=1S/C16H27NO5/c1-12(2)4-3-5-13(15(18)19)14(16(20)21)6-7-17-8-10-22-11-9-17/h12H,3-11H2,1-2H3,(H,18,19)(H,20,21). The summed E-state index contributed by atoms with van der Waals surface area (Å²) in [6.45, 7) is 7.53. The molecule has 1 aliphatic heterocycles. The molecule has 0 atom stereocenters. The van der Waals surface area contributed by atoms with E-state index >= 15 is 0 Å². The summed E-state index contributed by atoms with van der Waals surface area (Å²) in [4.78, 5) is 25.0. The molecule has 0 unspecified atom stereocenters. The van der Waals surface area contributed by atoms with E-state index in [1.54, 1.807) is 0 Å². The monoisotopic (exact) mass is 313 g/mol. The van der Waals surface area contributed by atoms with Gasteiger partial charge in [0, 0.05) is 30.8 Å². The van der Waals surface area contributed by atoms with Crippen molar-refractivity contribution < 1.29 is 24.5 Å². The van der Waals surface area contributed by atoms with Crippen molar-refractivity contribution in [1.82, 2.24) is 4.90 Å². The lowest BCUT2D eigenvalue weighted by atomic mass is 9.97. The van der Waals surface area contributed by atoms with E-state index in [0.717, 1.165) is 19.5 Å². The fourth-order valence-electron chi connectivity index (χ4n) is 2.56. The summed E-state index contributed by atoms with van der Waals surface area (Å²) in [6, 6.07) is 0. The zero-order valence-corrected chi connectivity index (χ0v) is 13.5. The normalized spacial score (nSPS) is 17.4. The maximum atomic E-state index is 11.5. The molecule has 0 saturated carbocycles. The predicted molar refractivity (Wildman–Crippen MR) is 82.9 cm³/mol. The Morgan fingerprint density at radius 1 is 1.05 bits per heavy atom. The molecule has 2 N–H and O–H groups in total. The minimum atomic E-state index is -1.12. The summed E-state index contributed by atoms with van der Waals surface area (Å²) >= 11 is 0. The van der Waals surface area contributed by atoms with Crippen LogP contribution in [-0.4, -0.2) is 59.9 Å². The molecule has 126 valence electrons. The van der Waals surface area contributed by atoms with Crippen LogP contribution in [0.4, 0.5) is 0 Å². The Balaban J connectivity index is 2.71. The van der Waals surface area contributed by atoms with Crippen LogP contribution in [0, 0.1) is 5.92 Å². The topological polar surface area (TPSA) is 87.1 Å². The number of aliphatic carboxylic acids is 2. The maximum Gasteiger partial charge on any atom is 0.332 e. The molecule has 1 rings (SSSR count). The molecule has 0 aromatic heterocycles. The van der Waals surface area contributed by atoms with Gasteiger partial charge in [0.2, 0.25) is 0 Å². The summed E-state index contributed by atoms with van der Waals surface area (Å²) in [5, 5.41) is 18.7. The highest BCUT2D eigenvalue weighted by Gasteiger charge is 2.21. The van der Waals surface area contributed by atoms with Crippen molar-refractivity contribution in [1.29, 1.82) is 0 Å². The van der Waals surface area contributed by atoms with Crippen molar-refractivity contribution in [3.8, 4) is 0 Å². The molecule has 1 heterocycles. The second kappa shape index (κ2) is 9.58. The molecule has 1 saturated heterocycles. The number of hydrogen-bond acceptors (Lipinski definition) is 4. The van der Waals surface area contributed by atoms with E-state index in [1.807, 2.05) is 0 Å². The van der Waals surface area contributed by atoms with Crippen LogP contribution in [0.25, 0.3) is 0 Å². The SMILES string of the molecule is CC(C)CCCC(C(=O)O)=C(CCN1CCOCC1)C(=O)O. The van der Waals surface area contributed by atoms with Crippen LogP contribution in [0.2, 0.25) is 0 Å². The zero-order chi connectivity index (χ0) is 16.5. The number of carbonyl (C=O) groups is 2. The van der Waals surface area contributed by atoms with Gasteiger partial charge in [-0.05, 0) is 25.2 Å². The minimum absolute atomic E-state index is 0.0442. The van der Waals surface area contributed by atoms with Crippen LogP contribution >= 0.6 is 0 Å². The number of rotatable bonds is 9. The first-order valence-corrected chi connectivity index (χ1v) is 7.90. The van der Waals surface area contributed by atoms with Gasteiger partial charge in [-0.15, -0.1) is 0 Å². The van der Waals surface area contributed by atoms with Gasteiger partial charge in [0.15, 0.2) is 0 Å². The first-order valence-electron chi connectivity index (χ1n) is 7.90. The van der Waals surface area contributed by atoms with Crippen LogP contribution in [-0.2, 0) is 14.3 Å². The molecular formula is C16H27NO5. The third-order valence-electron chi connectivity index (χ3n) is 3.87. The van der Waals surface area contributed by atoms with E-state index in [2.05, 4.69) is 18.7 Å². The van der Waals surface area contributed by atoms with Gasteiger partial charge >= 0.3 is 11.9 Å². The first kappa shape index (κ1) is 18.6. The maximum absolute atomic E-state index is 11.5. The minimum Gasteiger partial charge on any atom is -0.478 e. The quantitative estimate of drug-likeness (QED) is 0.633. The third kappa shape index (κ3) is 6.58. The average molecular weight is 313 g/mol. The molecule has 6 heteroatoms. The Kier molecular flexibility index (Phi) is 8.12. The molecule has 0 amide bonds. The Morgan fingerprint density at radius 2 is 1.59 bits per heavy atom. The Hall–Kier alpha value is -1.40. The number of carboxylic acids is 2. The second-order valence-electron chi connectivity index (χ2n) is 6.06. The molecule has 6 nitrogen and oxygen atoms in total. The number of nitrogens with zero attached hydrogens (tertiary/aromatic N) is 1. The lowest BCUT2D eigenvalue weighted by Gasteiger charge is -2.26. The predicted octanol–water partition coefficient (Wildman–Crippen LogP) is 2.00. The molecule has 0 radical (unpaired) electrons. The molecule has 1 aliphatic rings. The van der Waals surface area contributed by atoms with Crippen molar-refractivity contribution in [2.24, 2.45) is 5.92 Å². The first-order chi connectivity index (χ1) is 10.4. The van der Waals surface area contributed by atoms with Gasteiger partial charge < -0.3 is 14.9 Å². The number of carboxylic acid groups (broad SMARTS) is 2.